The molecule has 2 unspecified atom stereocenters. The molecule has 2 rings (SSSR count). The van der Waals surface area contributed by atoms with E-state index in [0.29, 0.717) is 0 Å². The molecule has 2 nitrogen and oxygen atoms in total. The van der Waals surface area contributed by atoms with Gasteiger partial charge in [-0.15, -0.1) is 0 Å². The number of rotatable bonds is 4. The minimum Gasteiger partial charge on any atom is -0.312 e. The number of hydrogen-bond donors (Lipinski definition) is 1. The van der Waals surface area contributed by atoms with Crippen molar-refractivity contribution in [1.82, 2.24) is 10.3 Å². The first-order valence-electron chi connectivity index (χ1n) is 6.06. The van der Waals surface area contributed by atoms with Gasteiger partial charge >= 0.3 is 0 Å². The van der Waals surface area contributed by atoms with Crippen LogP contribution in [0.1, 0.15) is 30.1 Å². The number of likely N-dealkylation sites (N-methyl/N-ethyl adjacent to an activating group) is 1. The molecular formula is C15H17FN2. The largest absolute Gasteiger partial charge is 0.312 e. The normalized spacial score (nSPS) is 14.2. The number of benzene rings is 1. The summed E-state index contributed by atoms with van der Waals surface area (Å²) in [4.78, 5) is 4.38. The Morgan fingerprint density at radius 2 is 1.83 bits per heavy atom. The second kappa shape index (κ2) is 5.74. The van der Waals surface area contributed by atoms with Crippen molar-refractivity contribution in [2.75, 3.05) is 7.05 Å². The molecule has 0 aliphatic heterocycles. The van der Waals surface area contributed by atoms with E-state index in [4.69, 9.17) is 0 Å². The number of aromatic nitrogens is 1. The Hall–Kier alpha value is -1.74. The molecule has 1 aromatic carbocycles. The van der Waals surface area contributed by atoms with Crippen molar-refractivity contribution < 1.29 is 4.39 Å². The molecule has 18 heavy (non-hydrogen) atoms. The maximum atomic E-state index is 12.9. The lowest BCUT2D eigenvalue weighted by Gasteiger charge is -2.23. The molecule has 0 saturated heterocycles. The summed E-state index contributed by atoms with van der Waals surface area (Å²) in [6.45, 7) is 2.12. The maximum Gasteiger partial charge on any atom is 0.123 e. The van der Waals surface area contributed by atoms with Crippen LogP contribution in [0.2, 0.25) is 0 Å². The van der Waals surface area contributed by atoms with Crippen LogP contribution in [0.15, 0.2) is 48.7 Å². The summed E-state index contributed by atoms with van der Waals surface area (Å²) >= 11 is 0. The van der Waals surface area contributed by atoms with Crippen molar-refractivity contribution in [2.45, 2.75) is 18.9 Å². The highest BCUT2D eigenvalue weighted by Gasteiger charge is 2.19. The van der Waals surface area contributed by atoms with Crippen LogP contribution in [0.25, 0.3) is 0 Å². The molecule has 3 heteroatoms. The lowest BCUT2D eigenvalue weighted by Crippen LogP contribution is -2.22. The van der Waals surface area contributed by atoms with E-state index >= 15 is 0 Å². The highest BCUT2D eigenvalue weighted by Crippen LogP contribution is 2.28. The molecule has 0 amide bonds. The average molecular weight is 244 g/mol. The van der Waals surface area contributed by atoms with E-state index in [1.165, 1.54) is 12.1 Å². The fourth-order valence-corrected chi connectivity index (χ4v) is 2.19. The molecule has 1 N–H and O–H groups in total. The third kappa shape index (κ3) is 2.74. The third-order valence-corrected chi connectivity index (χ3v) is 3.19. The van der Waals surface area contributed by atoms with Gasteiger partial charge in [0.1, 0.15) is 5.82 Å². The van der Waals surface area contributed by atoms with Crippen LogP contribution < -0.4 is 5.32 Å². The Morgan fingerprint density at radius 3 is 2.39 bits per heavy atom. The highest BCUT2D eigenvalue weighted by molar-refractivity contribution is 5.24. The maximum absolute atomic E-state index is 12.9. The Kier molecular flexibility index (Phi) is 4.05. The Labute approximate surface area is 107 Å². The first-order valence-corrected chi connectivity index (χ1v) is 6.06. The zero-order valence-corrected chi connectivity index (χ0v) is 10.6. The summed E-state index contributed by atoms with van der Waals surface area (Å²) in [6.07, 6.45) is 1.79. The lowest BCUT2D eigenvalue weighted by atomic mass is 9.91. The number of hydrogen-bond acceptors (Lipinski definition) is 2. The molecule has 2 aromatic rings. The van der Waals surface area contributed by atoms with Gasteiger partial charge in [-0.25, -0.2) is 4.39 Å². The van der Waals surface area contributed by atoms with E-state index < -0.39 is 0 Å². The van der Waals surface area contributed by atoms with Crippen molar-refractivity contribution in [2.24, 2.45) is 0 Å². The molecule has 0 bridgehead atoms. The minimum atomic E-state index is -0.209. The van der Waals surface area contributed by atoms with E-state index in [2.05, 4.69) is 17.2 Å². The summed E-state index contributed by atoms with van der Waals surface area (Å²) < 4.78 is 12.9. The molecule has 0 aliphatic carbocycles. The van der Waals surface area contributed by atoms with Crippen molar-refractivity contribution in [1.29, 1.82) is 0 Å². The van der Waals surface area contributed by atoms with Crippen LogP contribution in [-0.4, -0.2) is 12.0 Å². The Bertz CT molecular complexity index is 482. The van der Waals surface area contributed by atoms with Gasteiger partial charge in [0, 0.05) is 23.9 Å². The molecule has 1 aromatic heterocycles. The predicted octanol–water partition coefficient (Wildman–Crippen LogP) is 3.28. The molecule has 0 saturated carbocycles. The van der Waals surface area contributed by atoms with Gasteiger partial charge in [-0.1, -0.05) is 25.1 Å². The molecule has 0 spiro atoms. The van der Waals surface area contributed by atoms with Crippen LogP contribution in [0.5, 0.6) is 0 Å². The Morgan fingerprint density at radius 1 is 1.11 bits per heavy atom. The summed E-state index contributed by atoms with van der Waals surface area (Å²) in [6, 6.07) is 12.6. The molecule has 94 valence electrons. The standard InChI is InChI=1S/C15H17FN2/c1-11(14-5-3-4-10-18-14)15(17-2)12-6-8-13(16)9-7-12/h3-11,15,17H,1-2H3. The summed E-state index contributed by atoms with van der Waals surface area (Å²) in [5.74, 6) is 0.0146. The summed E-state index contributed by atoms with van der Waals surface area (Å²) in [5.41, 5.74) is 2.10. The minimum absolute atomic E-state index is 0.125. The smallest absolute Gasteiger partial charge is 0.123 e. The van der Waals surface area contributed by atoms with Crippen LogP contribution in [0.4, 0.5) is 4.39 Å². The van der Waals surface area contributed by atoms with E-state index in [9.17, 15) is 4.39 Å². The molecule has 0 radical (unpaired) electrons. The lowest BCUT2D eigenvalue weighted by molar-refractivity contribution is 0.498. The van der Waals surface area contributed by atoms with Crippen molar-refractivity contribution in [3.05, 3.63) is 65.7 Å². The van der Waals surface area contributed by atoms with Crippen LogP contribution in [0.3, 0.4) is 0 Å². The first kappa shape index (κ1) is 12.7. The molecule has 0 aliphatic rings. The van der Waals surface area contributed by atoms with E-state index in [-0.39, 0.29) is 17.8 Å². The quantitative estimate of drug-likeness (QED) is 0.892. The van der Waals surface area contributed by atoms with Gasteiger partial charge in [0.2, 0.25) is 0 Å². The van der Waals surface area contributed by atoms with Crippen molar-refractivity contribution in [3.63, 3.8) is 0 Å². The van der Waals surface area contributed by atoms with Crippen molar-refractivity contribution >= 4 is 0 Å². The fourth-order valence-electron chi connectivity index (χ4n) is 2.19. The molecule has 2 atom stereocenters. The van der Waals surface area contributed by atoms with E-state index in [1.807, 2.05) is 37.4 Å². The fraction of sp³-hybridized carbons (Fsp3) is 0.267. The summed E-state index contributed by atoms with van der Waals surface area (Å²) in [5, 5.41) is 3.27. The number of nitrogens with zero attached hydrogens (tertiary/aromatic N) is 1. The predicted molar refractivity (Wildman–Crippen MR) is 70.9 cm³/mol. The molecular weight excluding hydrogens is 227 g/mol. The Balaban J connectivity index is 2.26. The van der Waals surface area contributed by atoms with Gasteiger partial charge in [-0.2, -0.15) is 0 Å². The molecule has 0 fully saturated rings. The number of nitrogens with one attached hydrogen (secondary N) is 1. The van der Waals surface area contributed by atoms with E-state index in [0.717, 1.165) is 11.3 Å². The monoisotopic (exact) mass is 244 g/mol. The average Bonchev–Trinajstić information content (AvgIpc) is 2.42. The van der Waals surface area contributed by atoms with Crippen LogP contribution in [-0.2, 0) is 0 Å². The van der Waals surface area contributed by atoms with Crippen LogP contribution in [0, 0.1) is 5.82 Å². The molecule has 1 heterocycles. The first-order chi connectivity index (χ1) is 8.72. The van der Waals surface area contributed by atoms with Gasteiger partial charge in [0.25, 0.3) is 0 Å². The zero-order chi connectivity index (χ0) is 13.0. The van der Waals surface area contributed by atoms with Crippen molar-refractivity contribution in [3.8, 4) is 0 Å². The topological polar surface area (TPSA) is 24.9 Å². The SMILES string of the molecule is CNC(c1ccc(F)cc1)C(C)c1ccccn1. The van der Waals surface area contributed by atoms with Gasteiger partial charge in [0.15, 0.2) is 0 Å². The van der Waals surface area contributed by atoms with Gasteiger partial charge in [-0.3, -0.25) is 4.98 Å². The van der Waals surface area contributed by atoms with E-state index in [1.54, 1.807) is 6.20 Å². The number of halogens is 1. The van der Waals surface area contributed by atoms with Gasteiger partial charge in [0.05, 0.1) is 0 Å². The third-order valence-electron chi connectivity index (χ3n) is 3.19. The number of pyridine rings is 1. The highest BCUT2D eigenvalue weighted by atomic mass is 19.1. The second-order valence-electron chi connectivity index (χ2n) is 4.36. The van der Waals surface area contributed by atoms with Gasteiger partial charge in [-0.05, 0) is 36.9 Å². The van der Waals surface area contributed by atoms with Crippen LogP contribution >= 0.6 is 0 Å². The van der Waals surface area contributed by atoms with Gasteiger partial charge < -0.3 is 5.32 Å². The summed E-state index contributed by atoms with van der Waals surface area (Å²) in [7, 11) is 1.91. The second-order valence-corrected chi connectivity index (χ2v) is 4.36. The zero-order valence-electron chi connectivity index (χ0n) is 10.6.